The predicted octanol–water partition coefficient (Wildman–Crippen LogP) is 7.03. The lowest BCUT2D eigenvalue weighted by molar-refractivity contribution is 0.0808. The molecular formula is C34H52N2O4. The number of ketones is 2. The number of methoxy groups -OCH3 is 2. The highest BCUT2D eigenvalue weighted by Crippen LogP contribution is 2.25. The quantitative estimate of drug-likeness (QED) is 0.155. The fraction of sp³-hybridized carbons (Fsp3) is 0.588. The van der Waals surface area contributed by atoms with E-state index in [9.17, 15) is 9.59 Å². The minimum absolute atomic E-state index is 0.148. The maximum atomic E-state index is 13.9. The third-order valence-electron chi connectivity index (χ3n) is 7.47. The lowest BCUT2D eigenvalue weighted by atomic mass is 9.85. The van der Waals surface area contributed by atoms with Crippen LogP contribution in [0, 0.1) is 11.8 Å². The zero-order chi connectivity index (χ0) is 29.3. The van der Waals surface area contributed by atoms with Gasteiger partial charge in [-0.1, -0.05) is 27.7 Å². The Bertz CT molecular complexity index is 897. The van der Waals surface area contributed by atoms with Gasteiger partial charge < -0.3 is 19.3 Å². The molecule has 0 heterocycles. The van der Waals surface area contributed by atoms with Crippen molar-refractivity contribution in [2.75, 3.05) is 53.5 Å². The van der Waals surface area contributed by atoms with Gasteiger partial charge in [-0.25, -0.2) is 0 Å². The Morgan fingerprint density at radius 3 is 1.12 bits per heavy atom. The number of hydrogen-bond donors (Lipinski definition) is 0. The molecule has 2 rings (SSSR count). The van der Waals surface area contributed by atoms with Gasteiger partial charge in [-0.05, 0) is 113 Å². The van der Waals surface area contributed by atoms with Crippen molar-refractivity contribution in [3.63, 3.8) is 0 Å². The SMILES string of the molecule is CCCN(CCC)CC(CCC(CN(CCC)CCC)C(=O)c1ccc(OC)cc1)C(=O)c1ccc(OC)cc1. The molecule has 2 atom stereocenters. The average molecular weight is 553 g/mol. The smallest absolute Gasteiger partial charge is 0.167 e. The van der Waals surface area contributed by atoms with Crippen LogP contribution < -0.4 is 9.47 Å². The van der Waals surface area contributed by atoms with Crippen molar-refractivity contribution in [1.29, 1.82) is 0 Å². The maximum absolute atomic E-state index is 13.9. The molecule has 222 valence electrons. The normalized spacial score (nSPS) is 12.9. The highest BCUT2D eigenvalue weighted by molar-refractivity contribution is 5.99. The standard InChI is InChI=1S/C34H52N2O4/c1-7-21-35(22-8-2)25-29(33(37)27-13-17-31(39-5)18-14-27)11-12-30(26-36(23-9-3)24-10-4)34(38)28-15-19-32(40-6)20-16-28/h13-20,29-30H,7-12,21-26H2,1-6H3. The molecular weight excluding hydrogens is 500 g/mol. The van der Waals surface area contributed by atoms with E-state index in [2.05, 4.69) is 37.5 Å². The molecule has 0 aliphatic carbocycles. The molecule has 0 radical (unpaired) electrons. The summed E-state index contributed by atoms with van der Waals surface area (Å²) in [7, 11) is 3.26. The van der Waals surface area contributed by atoms with Gasteiger partial charge in [0.1, 0.15) is 11.5 Å². The summed E-state index contributed by atoms with van der Waals surface area (Å²) in [5.74, 6) is 1.42. The van der Waals surface area contributed by atoms with Crippen LogP contribution in [0.4, 0.5) is 0 Å². The van der Waals surface area contributed by atoms with Crippen LogP contribution >= 0.6 is 0 Å². The van der Waals surface area contributed by atoms with E-state index in [1.165, 1.54) is 0 Å². The molecule has 40 heavy (non-hydrogen) atoms. The first-order valence-corrected chi connectivity index (χ1v) is 15.2. The van der Waals surface area contributed by atoms with Crippen LogP contribution in [0.1, 0.15) is 86.9 Å². The Morgan fingerprint density at radius 2 is 0.875 bits per heavy atom. The molecule has 0 fully saturated rings. The Balaban J connectivity index is 2.34. The van der Waals surface area contributed by atoms with Crippen molar-refractivity contribution in [2.24, 2.45) is 11.8 Å². The van der Waals surface area contributed by atoms with Gasteiger partial charge in [0.05, 0.1) is 14.2 Å². The summed E-state index contributed by atoms with van der Waals surface area (Å²) in [5.41, 5.74) is 1.41. The third-order valence-corrected chi connectivity index (χ3v) is 7.47. The molecule has 0 aromatic heterocycles. The maximum Gasteiger partial charge on any atom is 0.167 e. The lowest BCUT2D eigenvalue weighted by Crippen LogP contribution is -2.37. The van der Waals surface area contributed by atoms with Gasteiger partial charge in [0, 0.05) is 36.1 Å². The lowest BCUT2D eigenvalue weighted by Gasteiger charge is -2.29. The number of hydrogen-bond acceptors (Lipinski definition) is 6. The minimum atomic E-state index is -0.177. The molecule has 0 bridgehead atoms. The summed E-state index contributed by atoms with van der Waals surface area (Å²) in [4.78, 5) is 32.5. The molecule has 2 aromatic rings. The van der Waals surface area contributed by atoms with Crippen molar-refractivity contribution >= 4 is 11.6 Å². The molecule has 2 unspecified atom stereocenters. The van der Waals surface area contributed by atoms with Crippen LogP contribution in [0.15, 0.2) is 48.5 Å². The molecule has 0 aliphatic rings. The van der Waals surface area contributed by atoms with Gasteiger partial charge in [-0.3, -0.25) is 9.59 Å². The monoisotopic (exact) mass is 552 g/mol. The van der Waals surface area contributed by atoms with Gasteiger partial charge in [-0.15, -0.1) is 0 Å². The minimum Gasteiger partial charge on any atom is -0.497 e. The number of nitrogens with zero attached hydrogens (tertiary/aromatic N) is 2. The highest BCUT2D eigenvalue weighted by Gasteiger charge is 2.28. The second kappa shape index (κ2) is 18.6. The first kappa shape index (κ1) is 33.5. The summed E-state index contributed by atoms with van der Waals surface area (Å²) in [6.45, 7) is 14.0. The fourth-order valence-corrected chi connectivity index (χ4v) is 5.47. The second-order valence-electron chi connectivity index (χ2n) is 10.8. The number of carbonyl (C=O) groups excluding carboxylic acids is 2. The largest absolute Gasteiger partial charge is 0.497 e. The van der Waals surface area contributed by atoms with Crippen molar-refractivity contribution in [3.05, 3.63) is 59.7 Å². The summed E-state index contributed by atoms with van der Waals surface area (Å²) < 4.78 is 10.6. The first-order chi connectivity index (χ1) is 19.4. The van der Waals surface area contributed by atoms with Crippen molar-refractivity contribution in [3.8, 4) is 11.5 Å². The number of Topliss-reactive ketones (excluding diaryl/α,β-unsaturated/α-hetero) is 2. The van der Waals surface area contributed by atoms with Crippen molar-refractivity contribution in [2.45, 2.75) is 66.2 Å². The number of rotatable bonds is 21. The molecule has 6 nitrogen and oxygen atoms in total. The Morgan fingerprint density at radius 1 is 0.575 bits per heavy atom. The van der Waals surface area contributed by atoms with Gasteiger partial charge in [0.2, 0.25) is 0 Å². The van der Waals surface area contributed by atoms with E-state index in [1.54, 1.807) is 14.2 Å². The zero-order valence-corrected chi connectivity index (χ0v) is 25.8. The van der Waals surface area contributed by atoms with Crippen LogP contribution in [0.2, 0.25) is 0 Å². The van der Waals surface area contributed by atoms with Gasteiger partial charge in [-0.2, -0.15) is 0 Å². The Kier molecular flexibility index (Phi) is 15.6. The van der Waals surface area contributed by atoms with Crippen LogP contribution in [0.25, 0.3) is 0 Å². The van der Waals surface area contributed by atoms with Crippen molar-refractivity contribution in [1.82, 2.24) is 9.80 Å². The van der Waals surface area contributed by atoms with Gasteiger partial charge in [0.15, 0.2) is 11.6 Å². The van der Waals surface area contributed by atoms with E-state index in [0.717, 1.165) is 63.4 Å². The molecule has 0 aliphatic heterocycles. The van der Waals surface area contributed by atoms with Crippen LogP contribution in [0.5, 0.6) is 11.5 Å². The molecule has 0 saturated carbocycles. The Labute approximate surface area is 243 Å². The molecule has 0 amide bonds. The fourth-order valence-electron chi connectivity index (χ4n) is 5.47. The Hall–Kier alpha value is -2.70. The highest BCUT2D eigenvalue weighted by atomic mass is 16.5. The molecule has 2 aromatic carbocycles. The van der Waals surface area contributed by atoms with E-state index in [1.807, 2.05) is 48.5 Å². The third kappa shape index (κ3) is 10.7. The number of benzene rings is 2. The van der Waals surface area contributed by atoms with E-state index in [-0.39, 0.29) is 23.4 Å². The average Bonchev–Trinajstić information content (AvgIpc) is 2.98. The molecule has 0 N–H and O–H groups in total. The zero-order valence-electron chi connectivity index (χ0n) is 25.8. The molecule has 6 heteroatoms. The number of ether oxygens (including phenoxy) is 2. The first-order valence-electron chi connectivity index (χ1n) is 15.2. The van der Waals surface area contributed by atoms with Crippen molar-refractivity contribution < 1.29 is 19.1 Å². The van der Waals surface area contributed by atoms with Crippen LogP contribution in [-0.4, -0.2) is 74.9 Å². The topological polar surface area (TPSA) is 59.1 Å². The van der Waals surface area contributed by atoms with Gasteiger partial charge >= 0.3 is 0 Å². The summed E-state index contributed by atoms with van der Waals surface area (Å²) in [6.07, 6.45) is 5.53. The van der Waals surface area contributed by atoms with Crippen LogP contribution in [-0.2, 0) is 0 Å². The summed E-state index contributed by atoms with van der Waals surface area (Å²) in [6, 6.07) is 14.9. The van der Waals surface area contributed by atoms with Gasteiger partial charge in [0.25, 0.3) is 0 Å². The predicted molar refractivity (Wildman–Crippen MR) is 165 cm³/mol. The van der Waals surface area contributed by atoms with E-state index in [4.69, 9.17) is 9.47 Å². The molecule has 0 saturated heterocycles. The van der Waals surface area contributed by atoms with E-state index >= 15 is 0 Å². The summed E-state index contributed by atoms with van der Waals surface area (Å²) in [5, 5.41) is 0. The van der Waals surface area contributed by atoms with E-state index in [0.29, 0.717) is 37.1 Å². The molecule has 0 spiro atoms. The second-order valence-corrected chi connectivity index (χ2v) is 10.8. The summed E-state index contributed by atoms with van der Waals surface area (Å²) >= 11 is 0. The van der Waals surface area contributed by atoms with E-state index < -0.39 is 0 Å². The number of carbonyl (C=O) groups is 2. The van der Waals surface area contributed by atoms with Crippen LogP contribution in [0.3, 0.4) is 0 Å².